The quantitative estimate of drug-likeness (QED) is 0.0589. The van der Waals surface area contributed by atoms with Gasteiger partial charge in [0.15, 0.2) is 0 Å². The van der Waals surface area contributed by atoms with Crippen molar-refractivity contribution in [1.82, 2.24) is 20.9 Å². The predicted molar refractivity (Wildman–Crippen MR) is 148 cm³/mol. The second-order valence-corrected chi connectivity index (χ2v) is 9.45. The van der Waals surface area contributed by atoms with Crippen LogP contribution in [-0.4, -0.2) is 88.4 Å². The number of amides is 6. The Hall–Kier alpha value is -4.54. The monoisotopic (exact) mass is 591 g/mol. The lowest BCUT2D eigenvalue weighted by Crippen LogP contribution is -2.54. The summed E-state index contributed by atoms with van der Waals surface area (Å²) in [7, 11) is 0. The Bertz CT molecular complexity index is 1150. The van der Waals surface area contributed by atoms with Gasteiger partial charge in [0, 0.05) is 32.1 Å². The summed E-state index contributed by atoms with van der Waals surface area (Å²) in [6.45, 7) is 1.40. The van der Waals surface area contributed by atoms with Crippen LogP contribution in [0.25, 0.3) is 0 Å². The predicted octanol–water partition coefficient (Wildman–Crippen LogP) is -2.12. The molecular formula is C26H37N7O9. The van der Waals surface area contributed by atoms with E-state index in [1.807, 2.05) is 0 Å². The van der Waals surface area contributed by atoms with E-state index in [4.69, 9.17) is 16.2 Å². The molecule has 0 saturated heterocycles. The number of benzene rings is 1. The molecule has 0 fully saturated rings. The number of carbonyl (C=O) groups excluding carboxylic acids is 6. The molecule has 0 aromatic heterocycles. The summed E-state index contributed by atoms with van der Waals surface area (Å²) >= 11 is 0. The molecule has 1 aromatic carbocycles. The third-order valence-electron chi connectivity index (χ3n) is 6.05. The lowest BCUT2D eigenvalue weighted by atomic mass is 10.1. The number of esters is 1. The van der Waals surface area contributed by atoms with Crippen LogP contribution in [0.2, 0.25) is 0 Å². The van der Waals surface area contributed by atoms with Gasteiger partial charge >= 0.3 is 12.0 Å². The molecule has 10 N–H and O–H groups in total. The Balaban J connectivity index is 2.06. The van der Waals surface area contributed by atoms with E-state index < -0.39 is 66.6 Å². The van der Waals surface area contributed by atoms with Gasteiger partial charge in [-0.25, -0.2) is 9.69 Å². The van der Waals surface area contributed by atoms with Crippen molar-refractivity contribution in [2.45, 2.75) is 63.8 Å². The number of anilines is 1. The SMILES string of the molecule is CC(=O)OCc1ccc(NC(=O)[C@H](CCCNC(N)=O)NC(=O)[C@H](CC(N)=O)NC(=O)CCN2C(O)C=CC2O)cc1. The third-order valence-corrected chi connectivity index (χ3v) is 6.05. The number of rotatable bonds is 16. The molecule has 16 heteroatoms. The Kier molecular flexibility index (Phi) is 13.4. The van der Waals surface area contributed by atoms with E-state index in [0.29, 0.717) is 11.3 Å². The molecule has 0 bridgehead atoms. The van der Waals surface area contributed by atoms with Crippen LogP contribution in [0.15, 0.2) is 36.4 Å². The number of aliphatic hydroxyl groups is 2. The highest BCUT2D eigenvalue weighted by molar-refractivity contribution is 5.99. The third kappa shape index (κ3) is 11.9. The Morgan fingerprint density at radius 1 is 0.952 bits per heavy atom. The van der Waals surface area contributed by atoms with Gasteiger partial charge in [-0.3, -0.25) is 24.0 Å². The molecule has 1 aliphatic rings. The zero-order chi connectivity index (χ0) is 31.2. The average Bonchev–Trinajstić information content (AvgIpc) is 3.24. The summed E-state index contributed by atoms with van der Waals surface area (Å²) in [5, 5.41) is 29.6. The molecule has 2 unspecified atom stereocenters. The second-order valence-electron chi connectivity index (χ2n) is 9.45. The zero-order valence-corrected chi connectivity index (χ0v) is 23.1. The lowest BCUT2D eigenvalue weighted by Gasteiger charge is -2.25. The molecule has 0 saturated carbocycles. The van der Waals surface area contributed by atoms with E-state index in [2.05, 4.69) is 21.3 Å². The van der Waals surface area contributed by atoms with Crippen LogP contribution in [0.5, 0.6) is 0 Å². The summed E-state index contributed by atoms with van der Waals surface area (Å²) in [6, 6.07) is 3.09. The molecule has 2 rings (SSSR count). The first-order chi connectivity index (χ1) is 19.8. The van der Waals surface area contributed by atoms with Gasteiger partial charge in [0.1, 0.15) is 31.1 Å². The normalized spacial score (nSPS) is 17.5. The molecule has 0 aliphatic carbocycles. The molecule has 1 heterocycles. The standard InChI is InChI=1S/C26H37N7O9/c1-15(34)42-14-16-4-6-17(7-5-16)30-24(39)18(3-2-11-29-26(28)41)32-25(40)19(13-20(27)35)31-21(36)10-12-33-22(37)8-9-23(33)38/h4-9,18-19,22-23,37-38H,2-3,10-14H2,1H3,(H2,27,35)(H,30,39)(H,31,36)(H,32,40)(H3,28,29,41)/t18-,19-,22?,23?/m0/s1. The fraction of sp³-hybridized carbons (Fsp3) is 0.462. The number of carbonyl (C=O) groups is 6. The van der Waals surface area contributed by atoms with Crippen molar-refractivity contribution in [3.05, 3.63) is 42.0 Å². The maximum absolute atomic E-state index is 13.1. The van der Waals surface area contributed by atoms with E-state index >= 15 is 0 Å². The number of nitrogens with two attached hydrogens (primary N) is 2. The van der Waals surface area contributed by atoms with Gasteiger partial charge < -0.3 is 47.7 Å². The van der Waals surface area contributed by atoms with Crippen LogP contribution in [0.3, 0.4) is 0 Å². The smallest absolute Gasteiger partial charge is 0.312 e. The second kappa shape index (κ2) is 16.7. The highest BCUT2D eigenvalue weighted by Gasteiger charge is 2.29. The molecule has 230 valence electrons. The number of primary amides is 2. The number of nitrogens with one attached hydrogen (secondary N) is 4. The number of urea groups is 1. The molecule has 6 amide bonds. The molecule has 0 spiro atoms. The number of hydrogen-bond donors (Lipinski definition) is 8. The van der Waals surface area contributed by atoms with Crippen molar-refractivity contribution in [3.8, 4) is 0 Å². The van der Waals surface area contributed by atoms with Crippen LogP contribution in [-0.2, 0) is 35.3 Å². The van der Waals surface area contributed by atoms with Gasteiger partial charge in [-0.15, -0.1) is 0 Å². The minimum Gasteiger partial charge on any atom is -0.461 e. The van der Waals surface area contributed by atoms with E-state index in [9.17, 15) is 39.0 Å². The Morgan fingerprint density at radius 2 is 1.60 bits per heavy atom. The van der Waals surface area contributed by atoms with Crippen LogP contribution in [0.4, 0.5) is 10.5 Å². The fourth-order valence-corrected chi connectivity index (χ4v) is 3.91. The number of ether oxygens (including phenoxy) is 1. The molecule has 1 aliphatic heterocycles. The fourth-order valence-electron chi connectivity index (χ4n) is 3.91. The van der Waals surface area contributed by atoms with Gasteiger partial charge in [0.25, 0.3) is 0 Å². The van der Waals surface area contributed by atoms with Gasteiger partial charge in [-0.05, 0) is 42.7 Å². The molecule has 16 nitrogen and oxygen atoms in total. The summed E-state index contributed by atoms with van der Waals surface area (Å²) in [5.41, 5.74) is 11.4. The molecule has 0 radical (unpaired) electrons. The van der Waals surface area contributed by atoms with Crippen molar-refractivity contribution >= 4 is 41.3 Å². The van der Waals surface area contributed by atoms with Crippen LogP contribution in [0, 0.1) is 0 Å². The first-order valence-electron chi connectivity index (χ1n) is 13.1. The zero-order valence-electron chi connectivity index (χ0n) is 23.1. The largest absolute Gasteiger partial charge is 0.461 e. The topological polar surface area (TPSA) is 256 Å². The van der Waals surface area contributed by atoms with Crippen LogP contribution < -0.4 is 32.7 Å². The van der Waals surface area contributed by atoms with Crippen LogP contribution >= 0.6 is 0 Å². The minimum absolute atomic E-state index is 0.0519. The number of hydrogen-bond acceptors (Lipinski definition) is 10. The summed E-state index contributed by atoms with van der Waals surface area (Å²) in [6.07, 6.45) is 0.0588. The van der Waals surface area contributed by atoms with Gasteiger partial charge in [-0.1, -0.05) is 12.1 Å². The Morgan fingerprint density at radius 3 is 2.17 bits per heavy atom. The van der Waals surface area contributed by atoms with Gasteiger partial charge in [0.2, 0.25) is 23.6 Å². The maximum atomic E-state index is 13.1. The number of aliphatic hydroxyl groups excluding tert-OH is 2. The molecule has 42 heavy (non-hydrogen) atoms. The summed E-state index contributed by atoms with van der Waals surface area (Å²) in [4.78, 5) is 73.6. The lowest BCUT2D eigenvalue weighted by molar-refractivity contribution is -0.142. The highest BCUT2D eigenvalue weighted by Crippen LogP contribution is 2.14. The molecule has 4 atom stereocenters. The summed E-state index contributed by atoms with van der Waals surface area (Å²) in [5.74, 6) is -3.47. The first kappa shape index (κ1) is 33.7. The van der Waals surface area contributed by atoms with Gasteiger partial charge in [0.05, 0.1) is 6.42 Å². The van der Waals surface area contributed by atoms with E-state index in [1.54, 1.807) is 24.3 Å². The van der Waals surface area contributed by atoms with E-state index in [0.717, 1.165) is 0 Å². The summed E-state index contributed by atoms with van der Waals surface area (Å²) < 4.78 is 4.93. The van der Waals surface area contributed by atoms with Crippen LogP contribution in [0.1, 0.15) is 38.2 Å². The van der Waals surface area contributed by atoms with Crippen molar-refractivity contribution in [2.24, 2.45) is 11.5 Å². The first-order valence-corrected chi connectivity index (χ1v) is 13.1. The average molecular weight is 592 g/mol. The van der Waals surface area contributed by atoms with Crippen molar-refractivity contribution in [1.29, 1.82) is 0 Å². The highest BCUT2D eigenvalue weighted by atomic mass is 16.5. The Labute approximate surface area is 241 Å². The van der Waals surface area contributed by atoms with E-state index in [-0.39, 0.29) is 39.0 Å². The maximum Gasteiger partial charge on any atom is 0.312 e. The van der Waals surface area contributed by atoms with Crippen molar-refractivity contribution < 1.29 is 43.7 Å². The minimum atomic E-state index is -1.42. The van der Waals surface area contributed by atoms with E-state index in [1.165, 1.54) is 24.0 Å². The van der Waals surface area contributed by atoms with Crippen molar-refractivity contribution in [2.75, 3.05) is 18.4 Å². The van der Waals surface area contributed by atoms with Crippen molar-refractivity contribution in [3.63, 3.8) is 0 Å². The number of nitrogens with zero attached hydrogens (tertiary/aromatic N) is 1. The van der Waals surface area contributed by atoms with Gasteiger partial charge in [-0.2, -0.15) is 0 Å². The molecular weight excluding hydrogens is 554 g/mol. The molecule has 1 aromatic rings.